The highest BCUT2D eigenvalue weighted by Crippen LogP contribution is 2.55. The van der Waals surface area contributed by atoms with E-state index >= 15 is 0 Å². The minimum Gasteiger partial charge on any atom is -0.319 e. The Morgan fingerprint density at radius 2 is 1.25 bits per heavy atom. The molecule has 53 heavy (non-hydrogen) atoms. The first-order valence-corrected chi connectivity index (χ1v) is 17.8. The van der Waals surface area contributed by atoms with E-state index in [9.17, 15) is 5.26 Å². The zero-order valence-electron chi connectivity index (χ0n) is 29.2. The first-order valence-electron chi connectivity index (χ1n) is 17.8. The highest BCUT2D eigenvalue weighted by Gasteiger charge is 2.45. The van der Waals surface area contributed by atoms with Crippen LogP contribution in [0, 0.1) is 30.4 Å². The number of nitrogens with zero attached hydrogens (tertiary/aromatic N) is 5. The number of allylic oxidation sites excluding steroid dienone is 4. The van der Waals surface area contributed by atoms with Crippen molar-refractivity contribution in [1.82, 2.24) is 9.13 Å². The van der Waals surface area contributed by atoms with Gasteiger partial charge in [0.25, 0.3) is 0 Å². The van der Waals surface area contributed by atoms with Gasteiger partial charge in [-0.15, -0.1) is 0 Å². The molecular weight excluding hydrogens is 647 g/mol. The van der Waals surface area contributed by atoms with E-state index in [-0.39, 0.29) is 5.41 Å². The van der Waals surface area contributed by atoms with Crippen molar-refractivity contribution in [1.29, 1.82) is 5.26 Å². The number of rotatable bonds is 3. The number of aromatic nitrogens is 2. The van der Waals surface area contributed by atoms with Gasteiger partial charge in [0.05, 0.1) is 52.1 Å². The highest BCUT2D eigenvalue weighted by atomic mass is 15.0. The molecule has 0 spiro atoms. The summed E-state index contributed by atoms with van der Waals surface area (Å²) in [6.07, 6.45) is 9.00. The Kier molecular flexibility index (Phi) is 6.47. The van der Waals surface area contributed by atoms with E-state index in [1.807, 2.05) is 48.5 Å². The van der Waals surface area contributed by atoms with Gasteiger partial charge in [0.1, 0.15) is 6.07 Å². The molecular formula is C48H31N5. The number of hydrogen-bond donors (Lipinski definition) is 0. The molecule has 2 atom stereocenters. The van der Waals surface area contributed by atoms with Crippen molar-refractivity contribution in [3.05, 3.63) is 179 Å². The first-order chi connectivity index (χ1) is 25.9. The summed E-state index contributed by atoms with van der Waals surface area (Å²) < 4.78 is 4.36. The molecule has 5 nitrogen and oxygen atoms in total. The van der Waals surface area contributed by atoms with Gasteiger partial charge in [-0.1, -0.05) is 117 Å². The van der Waals surface area contributed by atoms with Gasteiger partial charge < -0.3 is 9.13 Å². The molecule has 0 radical (unpaired) electrons. The Morgan fingerprint density at radius 1 is 0.642 bits per heavy atom. The van der Waals surface area contributed by atoms with Crippen LogP contribution in [0.5, 0.6) is 0 Å². The van der Waals surface area contributed by atoms with Crippen molar-refractivity contribution in [3.8, 4) is 28.6 Å². The second-order valence-electron chi connectivity index (χ2n) is 14.6. The van der Waals surface area contributed by atoms with Crippen LogP contribution in [0.4, 0.5) is 11.4 Å². The van der Waals surface area contributed by atoms with Gasteiger partial charge in [-0.05, 0) is 64.4 Å². The van der Waals surface area contributed by atoms with Crippen LogP contribution in [0.15, 0.2) is 140 Å². The van der Waals surface area contributed by atoms with Gasteiger partial charge >= 0.3 is 0 Å². The van der Waals surface area contributed by atoms with Crippen molar-refractivity contribution in [2.45, 2.75) is 25.2 Å². The normalized spacial score (nSPS) is 16.8. The van der Waals surface area contributed by atoms with Crippen LogP contribution in [0.25, 0.3) is 75.8 Å². The lowest BCUT2D eigenvalue weighted by molar-refractivity contribution is 0.394. The number of nitriles is 1. The fraction of sp³-hybridized carbons (Fsp3) is 0.104. The predicted octanol–water partition coefficient (Wildman–Crippen LogP) is 12.6. The molecule has 0 fully saturated rings. The smallest absolute Gasteiger partial charge is 0.210 e. The summed E-state index contributed by atoms with van der Waals surface area (Å²) in [6.45, 7) is 21.3. The van der Waals surface area contributed by atoms with Crippen molar-refractivity contribution in [2.75, 3.05) is 0 Å². The summed E-state index contributed by atoms with van der Waals surface area (Å²) in [5.41, 5.74) is 10.8. The van der Waals surface area contributed by atoms with Crippen LogP contribution in [-0.2, 0) is 5.41 Å². The SMILES string of the molecule is [C-]#[N+]c1ccc(-c2c([N+]#[C-])ccc(C#N)c2-n2c3ccccc3c3cc4c(cc32)C(C)(C)C2C=CC=CC42)cc1-n1c2ccccc2c2ccccc21. The van der Waals surface area contributed by atoms with Gasteiger partial charge in [-0.25, -0.2) is 9.69 Å². The lowest BCUT2D eigenvalue weighted by atomic mass is 9.74. The van der Waals surface area contributed by atoms with E-state index < -0.39 is 0 Å². The largest absolute Gasteiger partial charge is 0.319 e. The van der Waals surface area contributed by atoms with Crippen LogP contribution >= 0.6 is 0 Å². The van der Waals surface area contributed by atoms with Gasteiger partial charge in [0.2, 0.25) is 5.69 Å². The Bertz CT molecular complexity index is 3040. The molecule has 2 aromatic heterocycles. The maximum Gasteiger partial charge on any atom is 0.210 e. The third-order valence-electron chi connectivity index (χ3n) is 11.7. The fourth-order valence-corrected chi connectivity index (χ4v) is 9.30. The van der Waals surface area contributed by atoms with E-state index in [1.165, 1.54) is 11.1 Å². The zero-order valence-corrected chi connectivity index (χ0v) is 29.2. The summed E-state index contributed by atoms with van der Waals surface area (Å²) in [5.74, 6) is 0.650. The molecule has 2 aliphatic carbocycles. The highest BCUT2D eigenvalue weighted by molar-refractivity contribution is 6.12. The molecule has 2 aliphatic rings. The van der Waals surface area contributed by atoms with Gasteiger partial charge in [0.15, 0.2) is 5.69 Å². The average Bonchev–Trinajstić information content (AvgIpc) is 3.79. The molecule has 2 unspecified atom stereocenters. The van der Waals surface area contributed by atoms with Crippen molar-refractivity contribution in [2.24, 2.45) is 5.92 Å². The topological polar surface area (TPSA) is 42.4 Å². The van der Waals surface area contributed by atoms with Crippen molar-refractivity contribution >= 4 is 55.0 Å². The van der Waals surface area contributed by atoms with Crippen LogP contribution in [0.3, 0.4) is 0 Å². The Balaban J connectivity index is 1.31. The standard InChI is InChI=1S/C48H31N5/c1-48(2)37-17-9-5-13-31(37)35-26-36-34-16-8-12-20-43(34)53(44(36)27-38(35)48)47-30(28-49)22-24-40(51-4)46(47)29-21-23-39(50-3)45(25-29)52-41-18-10-6-14-32(41)33-15-7-11-19-42(33)52/h5-27,31,37H,1-2H3. The molecule has 0 aliphatic heterocycles. The average molecular weight is 678 g/mol. The minimum atomic E-state index is -0.108. The molecule has 0 bridgehead atoms. The van der Waals surface area contributed by atoms with E-state index in [4.69, 9.17) is 13.1 Å². The van der Waals surface area contributed by atoms with Gasteiger partial charge in [-0.3, -0.25) is 0 Å². The van der Waals surface area contributed by atoms with E-state index in [0.29, 0.717) is 40.0 Å². The quantitative estimate of drug-likeness (QED) is 0.172. The molecule has 0 saturated heterocycles. The van der Waals surface area contributed by atoms with E-state index in [1.54, 1.807) is 12.1 Å². The van der Waals surface area contributed by atoms with E-state index in [0.717, 1.165) is 54.9 Å². The second-order valence-corrected chi connectivity index (χ2v) is 14.6. The maximum atomic E-state index is 10.8. The molecule has 10 rings (SSSR count). The summed E-state index contributed by atoms with van der Waals surface area (Å²) in [7, 11) is 0. The van der Waals surface area contributed by atoms with E-state index in [2.05, 4.69) is 118 Å². The van der Waals surface area contributed by atoms with Crippen molar-refractivity contribution in [3.63, 3.8) is 0 Å². The maximum absolute atomic E-state index is 10.8. The third kappa shape index (κ3) is 4.16. The van der Waals surface area contributed by atoms with Crippen LogP contribution in [0.2, 0.25) is 0 Å². The lowest BCUT2D eigenvalue weighted by Gasteiger charge is -2.29. The number of fused-ring (bicyclic) bond motifs is 9. The minimum absolute atomic E-state index is 0.108. The zero-order chi connectivity index (χ0) is 36.0. The number of hydrogen-bond acceptors (Lipinski definition) is 1. The molecule has 248 valence electrons. The summed E-state index contributed by atoms with van der Waals surface area (Å²) in [5, 5.41) is 15.2. The van der Waals surface area contributed by atoms with Crippen LogP contribution < -0.4 is 0 Å². The Hall–Kier alpha value is -7.13. The molecule has 0 N–H and O–H groups in total. The molecule has 6 aromatic carbocycles. The third-order valence-corrected chi connectivity index (χ3v) is 11.7. The molecule has 5 heteroatoms. The van der Waals surface area contributed by atoms with Crippen molar-refractivity contribution < 1.29 is 0 Å². The predicted molar refractivity (Wildman–Crippen MR) is 215 cm³/mol. The fourth-order valence-electron chi connectivity index (χ4n) is 9.30. The lowest BCUT2D eigenvalue weighted by Crippen LogP contribution is -2.24. The summed E-state index contributed by atoms with van der Waals surface area (Å²) in [6, 6.07) is 41.4. The number of benzene rings is 6. The summed E-state index contributed by atoms with van der Waals surface area (Å²) in [4.78, 5) is 8.05. The second kappa shape index (κ2) is 11.2. The molecule has 2 heterocycles. The molecule has 0 amide bonds. The first kappa shape index (κ1) is 30.7. The van der Waals surface area contributed by atoms with Crippen LogP contribution in [0.1, 0.15) is 36.5 Å². The monoisotopic (exact) mass is 677 g/mol. The summed E-state index contributed by atoms with van der Waals surface area (Å²) >= 11 is 0. The Labute approximate surface area is 307 Å². The van der Waals surface area contributed by atoms with Gasteiger partial charge in [-0.2, -0.15) is 5.26 Å². The van der Waals surface area contributed by atoms with Crippen LogP contribution in [-0.4, -0.2) is 9.13 Å². The van der Waals surface area contributed by atoms with Gasteiger partial charge in [0, 0.05) is 33.0 Å². The number of para-hydroxylation sites is 3. The molecule has 8 aromatic rings. The Morgan fingerprint density at radius 3 is 1.91 bits per heavy atom. The molecule has 0 saturated carbocycles.